The van der Waals surface area contributed by atoms with Crippen LogP contribution in [0.4, 0.5) is 11.8 Å². The Hall–Kier alpha value is -2.05. The van der Waals surface area contributed by atoms with Gasteiger partial charge in [-0.1, -0.05) is 18.5 Å². The molecule has 0 spiro atoms. The monoisotopic (exact) mass is 345 g/mol. The standard InChI is InChI=1S/C17H20ClN5O/c1-3-19-11-8-23(9-11)16-15-14(21-17(22-16)20-4-2)12-7-10(18)5-6-13(12)24-15/h5-7,11,19H,3-4,8-9H2,1-2H3,(H,20,21,22). The van der Waals surface area contributed by atoms with Crippen LogP contribution in [0.25, 0.3) is 22.1 Å². The van der Waals surface area contributed by atoms with Gasteiger partial charge in [0.15, 0.2) is 11.4 Å². The fraction of sp³-hybridized carbons (Fsp3) is 0.412. The Morgan fingerprint density at radius 3 is 2.83 bits per heavy atom. The molecule has 0 radical (unpaired) electrons. The second-order valence-electron chi connectivity index (χ2n) is 5.98. The van der Waals surface area contributed by atoms with E-state index < -0.39 is 0 Å². The molecule has 4 rings (SSSR count). The highest BCUT2D eigenvalue weighted by Crippen LogP contribution is 2.36. The first-order valence-electron chi connectivity index (χ1n) is 8.31. The van der Waals surface area contributed by atoms with Gasteiger partial charge in [0.1, 0.15) is 11.1 Å². The average Bonchev–Trinajstić information content (AvgIpc) is 2.88. The summed E-state index contributed by atoms with van der Waals surface area (Å²) in [6.07, 6.45) is 0. The molecule has 7 heteroatoms. The lowest BCUT2D eigenvalue weighted by Crippen LogP contribution is -2.58. The zero-order valence-corrected chi connectivity index (χ0v) is 14.5. The number of hydrogen-bond donors (Lipinski definition) is 2. The van der Waals surface area contributed by atoms with Gasteiger partial charge in [-0.05, 0) is 31.7 Å². The summed E-state index contributed by atoms with van der Waals surface area (Å²) in [5.74, 6) is 1.46. The van der Waals surface area contributed by atoms with Gasteiger partial charge in [-0.3, -0.25) is 0 Å². The van der Waals surface area contributed by atoms with Crippen LogP contribution >= 0.6 is 11.6 Å². The molecule has 3 aromatic rings. The molecule has 24 heavy (non-hydrogen) atoms. The minimum Gasteiger partial charge on any atom is -0.450 e. The number of benzene rings is 1. The van der Waals surface area contributed by atoms with Gasteiger partial charge in [0.2, 0.25) is 5.95 Å². The van der Waals surface area contributed by atoms with Gasteiger partial charge in [0, 0.05) is 36.1 Å². The number of fused-ring (bicyclic) bond motifs is 3. The quantitative estimate of drug-likeness (QED) is 0.740. The SMILES string of the molecule is CCNc1nc(N2CC(NCC)C2)c2oc3ccc(Cl)cc3c2n1. The van der Waals surface area contributed by atoms with E-state index in [0.29, 0.717) is 17.0 Å². The van der Waals surface area contributed by atoms with Gasteiger partial charge >= 0.3 is 0 Å². The predicted octanol–water partition coefficient (Wildman–Crippen LogP) is 3.26. The van der Waals surface area contributed by atoms with Gasteiger partial charge in [-0.25, -0.2) is 4.98 Å². The molecule has 2 N–H and O–H groups in total. The van der Waals surface area contributed by atoms with Crippen molar-refractivity contribution in [1.82, 2.24) is 15.3 Å². The summed E-state index contributed by atoms with van der Waals surface area (Å²) in [7, 11) is 0. The van der Waals surface area contributed by atoms with Gasteiger partial charge in [-0.2, -0.15) is 4.98 Å². The van der Waals surface area contributed by atoms with Crippen LogP contribution in [0.15, 0.2) is 22.6 Å². The summed E-state index contributed by atoms with van der Waals surface area (Å²) in [6, 6.07) is 6.11. The Balaban J connectivity index is 1.83. The number of rotatable bonds is 5. The number of nitrogens with one attached hydrogen (secondary N) is 2. The minimum atomic E-state index is 0.501. The van der Waals surface area contributed by atoms with Gasteiger partial charge in [0.25, 0.3) is 0 Å². The Morgan fingerprint density at radius 1 is 1.25 bits per heavy atom. The molecule has 0 saturated carbocycles. The van der Waals surface area contributed by atoms with Crippen molar-refractivity contribution < 1.29 is 4.42 Å². The number of nitrogens with zero attached hydrogens (tertiary/aromatic N) is 3. The smallest absolute Gasteiger partial charge is 0.225 e. The molecular weight excluding hydrogens is 326 g/mol. The molecule has 1 saturated heterocycles. The predicted molar refractivity (Wildman–Crippen MR) is 98.2 cm³/mol. The second-order valence-corrected chi connectivity index (χ2v) is 6.42. The van der Waals surface area contributed by atoms with Crippen LogP contribution in [0, 0.1) is 0 Å². The third-order valence-corrected chi connectivity index (χ3v) is 4.50. The van der Waals surface area contributed by atoms with Crippen LogP contribution in [-0.2, 0) is 0 Å². The van der Waals surface area contributed by atoms with Crippen LogP contribution in [0.1, 0.15) is 13.8 Å². The maximum absolute atomic E-state index is 6.15. The number of anilines is 2. The summed E-state index contributed by atoms with van der Waals surface area (Å²) in [4.78, 5) is 11.5. The minimum absolute atomic E-state index is 0.501. The highest BCUT2D eigenvalue weighted by atomic mass is 35.5. The maximum Gasteiger partial charge on any atom is 0.225 e. The van der Waals surface area contributed by atoms with Crippen molar-refractivity contribution in [2.45, 2.75) is 19.9 Å². The van der Waals surface area contributed by atoms with E-state index in [0.717, 1.165) is 54.1 Å². The lowest BCUT2D eigenvalue weighted by molar-refractivity contribution is 0.426. The van der Waals surface area contributed by atoms with Crippen LogP contribution in [0.2, 0.25) is 5.02 Å². The normalized spacial score (nSPS) is 15.2. The molecule has 0 amide bonds. The third kappa shape index (κ3) is 2.56. The molecule has 3 heterocycles. The fourth-order valence-corrected chi connectivity index (χ4v) is 3.29. The van der Waals surface area contributed by atoms with Gasteiger partial charge in [-0.15, -0.1) is 0 Å². The molecule has 0 unspecified atom stereocenters. The van der Waals surface area contributed by atoms with Crippen LogP contribution in [0.5, 0.6) is 0 Å². The fourth-order valence-electron chi connectivity index (χ4n) is 3.12. The average molecular weight is 346 g/mol. The summed E-state index contributed by atoms with van der Waals surface area (Å²) >= 11 is 6.15. The molecular formula is C17H20ClN5O. The molecule has 0 aliphatic carbocycles. The lowest BCUT2D eigenvalue weighted by Gasteiger charge is -2.40. The maximum atomic E-state index is 6.15. The molecule has 1 aliphatic heterocycles. The first-order chi connectivity index (χ1) is 11.7. The molecule has 1 aromatic carbocycles. The highest BCUT2D eigenvalue weighted by Gasteiger charge is 2.30. The van der Waals surface area contributed by atoms with E-state index in [1.165, 1.54) is 0 Å². The topological polar surface area (TPSA) is 66.2 Å². The molecule has 1 aliphatic rings. The molecule has 1 fully saturated rings. The van der Waals surface area contributed by atoms with E-state index in [-0.39, 0.29) is 0 Å². The van der Waals surface area contributed by atoms with Crippen LogP contribution in [0.3, 0.4) is 0 Å². The Bertz CT molecular complexity index is 887. The van der Waals surface area contributed by atoms with Crippen LogP contribution < -0.4 is 15.5 Å². The zero-order chi connectivity index (χ0) is 16.7. The van der Waals surface area contributed by atoms with Crippen molar-refractivity contribution in [1.29, 1.82) is 0 Å². The molecule has 0 bridgehead atoms. The van der Waals surface area contributed by atoms with E-state index in [2.05, 4.69) is 32.4 Å². The number of furan rings is 1. The van der Waals surface area contributed by atoms with E-state index in [9.17, 15) is 0 Å². The van der Waals surface area contributed by atoms with E-state index in [1.807, 2.05) is 25.1 Å². The molecule has 126 valence electrons. The summed E-state index contributed by atoms with van der Waals surface area (Å²) in [5, 5.41) is 8.26. The Kier molecular flexibility index (Phi) is 3.94. The summed E-state index contributed by atoms with van der Waals surface area (Å²) in [5.41, 5.74) is 2.31. The molecule has 2 aromatic heterocycles. The number of likely N-dealkylation sites (N-methyl/N-ethyl adjacent to an activating group) is 1. The van der Waals surface area contributed by atoms with Crippen molar-refractivity contribution >= 4 is 45.4 Å². The van der Waals surface area contributed by atoms with E-state index in [1.54, 1.807) is 0 Å². The zero-order valence-electron chi connectivity index (χ0n) is 13.8. The van der Waals surface area contributed by atoms with Crippen molar-refractivity contribution in [3.8, 4) is 0 Å². The third-order valence-electron chi connectivity index (χ3n) is 4.27. The Morgan fingerprint density at radius 2 is 2.08 bits per heavy atom. The lowest BCUT2D eigenvalue weighted by atomic mass is 10.1. The van der Waals surface area contributed by atoms with E-state index in [4.69, 9.17) is 16.0 Å². The van der Waals surface area contributed by atoms with Crippen molar-refractivity contribution in [2.75, 3.05) is 36.4 Å². The largest absolute Gasteiger partial charge is 0.450 e. The summed E-state index contributed by atoms with van der Waals surface area (Å²) < 4.78 is 6.05. The van der Waals surface area contributed by atoms with Crippen molar-refractivity contribution in [2.24, 2.45) is 0 Å². The highest BCUT2D eigenvalue weighted by molar-refractivity contribution is 6.31. The van der Waals surface area contributed by atoms with Gasteiger partial charge in [0.05, 0.1) is 0 Å². The van der Waals surface area contributed by atoms with Gasteiger partial charge < -0.3 is 20.0 Å². The second kappa shape index (κ2) is 6.11. The number of hydrogen-bond acceptors (Lipinski definition) is 6. The first-order valence-corrected chi connectivity index (χ1v) is 8.69. The number of aromatic nitrogens is 2. The number of halogens is 1. The van der Waals surface area contributed by atoms with E-state index >= 15 is 0 Å². The molecule has 0 atom stereocenters. The first kappa shape index (κ1) is 15.5. The molecule has 6 nitrogen and oxygen atoms in total. The van der Waals surface area contributed by atoms with Crippen LogP contribution in [-0.4, -0.2) is 42.2 Å². The summed E-state index contributed by atoms with van der Waals surface area (Å²) in [6.45, 7) is 7.73. The van der Waals surface area contributed by atoms with Crippen molar-refractivity contribution in [3.05, 3.63) is 23.2 Å². The van der Waals surface area contributed by atoms with Crippen molar-refractivity contribution in [3.63, 3.8) is 0 Å². The Labute approximate surface area is 145 Å².